The van der Waals surface area contributed by atoms with Crippen LogP contribution < -0.4 is 0 Å². The molecule has 0 N–H and O–H groups in total. The molecular weight excluding hydrogens is 438 g/mol. The second kappa shape index (κ2) is 9.08. The van der Waals surface area contributed by atoms with Gasteiger partial charge in [0.25, 0.3) is 0 Å². The summed E-state index contributed by atoms with van der Waals surface area (Å²) in [7, 11) is 0. The van der Waals surface area contributed by atoms with Crippen molar-refractivity contribution in [3.05, 3.63) is 52.7 Å². The van der Waals surface area contributed by atoms with Crippen molar-refractivity contribution in [1.29, 1.82) is 0 Å². The van der Waals surface area contributed by atoms with Gasteiger partial charge in [0.1, 0.15) is 9.86 Å². The number of hydrogen-bond acceptors (Lipinski definition) is 6. The summed E-state index contributed by atoms with van der Waals surface area (Å²) in [5.41, 5.74) is 6.82. The van der Waals surface area contributed by atoms with Crippen molar-refractivity contribution in [1.82, 2.24) is 15.0 Å². The van der Waals surface area contributed by atoms with Crippen LogP contribution in [0, 0.1) is 0 Å². The lowest BCUT2D eigenvalue weighted by atomic mass is 9.99. The van der Waals surface area contributed by atoms with Crippen LogP contribution in [0.3, 0.4) is 0 Å². The second-order valence-electron chi connectivity index (χ2n) is 8.38. The number of nitrogens with zero attached hydrogens (tertiary/aromatic N) is 3. The van der Waals surface area contributed by atoms with Crippen molar-refractivity contribution in [2.45, 2.75) is 62.1 Å². The van der Waals surface area contributed by atoms with Gasteiger partial charge >= 0.3 is 0 Å². The van der Waals surface area contributed by atoms with Crippen molar-refractivity contribution in [2.75, 3.05) is 12.0 Å². The van der Waals surface area contributed by atoms with Gasteiger partial charge in [0.15, 0.2) is 5.16 Å². The Morgan fingerprint density at radius 2 is 1.84 bits per heavy atom. The summed E-state index contributed by atoms with van der Waals surface area (Å²) in [6.07, 6.45) is 7.86. The van der Waals surface area contributed by atoms with Crippen LogP contribution in [-0.2, 0) is 19.3 Å². The third kappa shape index (κ3) is 4.10. The molecule has 1 aromatic carbocycles. The number of rotatable bonds is 7. The van der Waals surface area contributed by atoms with E-state index in [9.17, 15) is 0 Å². The summed E-state index contributed by atoms with van der Waals surface area (Å²) in [6, 6.07) is 10.7. The van der Waals surface area contributed by atoms with E-state index in [1.807, 2.05) is 11.8 Å². The minimum absolute atomic E-state index is 0.459. The topological polar surface area (TPSA) is 38.7 Å². The highest BCUT2D eigenvalue weighted by atomic mass is 32.2. The molecule has 0 saturated heterocycles. The Balaban J connectivity index is 1.52. The molecule has 0 unspecified atom stereocenters. The fourth-order valence-corrected chi connectivity index (χ4v) is 7.13. The van der Waals surface area contributed by atoms with Crippen molar-refractivity contribution < 1.29 is 0 Å². The summed E-state index contributed by atoms with van der Waals surface area (Å²) in [6.45, 7) is 4.53. The average molecular weight is 466 g/mol. The Morgan fingerprint density at radius 1 is 1.03 bits per heavy atom. The predicted molar refractivity (Wildman–Crippen MR) is 136 cm³/mol. The Kier molecular flexibility index (Phi) is 6.22. The number of fused-ring (bicyclic) bond motifs is 5. The van der Waals surface area contributed by atoms with Crippen LogP contribution in [-0.4, -0.2) is 27.0 Å². The number of thioether (sulfide) groups is 2. The van der Waals surface area contributed by atoms with Gasteiger partial charge in [-0.25, -0.2) is 15.0 Å². The van der Waals surface area contributed by atoms with Crippen molar-refractivity contribution in [2.24, 2.45) is 0 Å². The molecule has 3 heterocycles. The van der Waals surface area contributed by atoms with Crippen LogP contribution in [0.15, 0.2) is 40.5 Å². The first-order chi connectivity index (χ1) is 15.2. The highest BCUT2D eigenvalue weighted by Crippen LogP contribution is 2.43. The Bertz CT molecular complexity index is 1230. The quantitative estimate of drug-likeness (QED) is 0.124. The zero-order valence-electron chi connectivity index (χ0n) is 18.3. The minimum atomic E-state index is 0.459. The molecule has 0 saturated carbocycles. The SMILES string of the molecule is CSc1nc(SCCCc2ccccc2)c2sc3nc(C(C)C)c4c(c3c2n1)CCC4. The van der Waals surface area contributed by atoms with Crippen LogP contribution in [0.4, 0.5) is 0 Å². The van der Waals surface area contributed by atoms with E-state index in [-0.39, 0.29) is 0 Å². The molecule has 0 aliphatic heterocycles. The second-order valence-corrected chi connectivity index (χ2v) is 11.2. The standard InChI is InChI=1S/C25H27N3S3/c1-15(2)20-18-13-7-12-17(18)19-21-22(31-23(19)26-20)24(28-25(27-21)29-3)30-14-8-11-16-9-5-4-6-10-16/h4-6,9-10,15H,7-8,11-14H2,1-3H3. The summed E-state index contributed by atoms with van der Waals surface area (Å²) < 4.78 is 1.22. The van der Waals surface area contributed by atoms with Gasteiger partial charge in [-0.2, -0.15) is 0 Å². The zero-order valence-corrected chi connectivity index (χ0v) is 20.7. The minimum Gasteiger partial charge on any atom is -0.241 e. The van der Waals surface area contributed by atoms with Crippen LogP contribution in [0.2, 0.25) is 0 Å². The van der Waals surface area contributed by atoms with E-state index in [4.69, 9.17) is 15.0 Å². The van der Waals surface area contributed by atoms with Gasteiger partial charge in [-0.1, -0.05) is 55.9 Å². The Hall–Kier alpha value is -1.63. The highest BCUT2D eigenvalue weighted by molar-refractivity contribution is 7.99. The molecule has 0 spiro atoms. The predicted octanol–water partition coefficient (Wildman–Crippen LogP) is 7.30. The van der Waals surface area contributed by atoms with Gasteiger partial charge in [-0.15, -0.1) is 23.1 Å². The lowest BCUT2D eigenvalue weighted by Gasteiger charge is -2.12. The normalized spacial score (nSPS) is 13.5. The summed E-state index contributed by atoms with van der Waals surface area (Å²) in [5, 5.41) is 3.31. The molecule has 1 aliphatic carbocycles. The molecule has 0 radical (unpaired) electrons. The van der Waals surface area contributed by atoms with Crippen LogP contribution >= 0.6 is 34.9 Å². The van der Waals surface area contributed by atoms with Crippen LogP contribution in [0.5, 0.6) is 0 Å². The number of hydrogen-bond donors (Lipinski definition) is 0. The number of aryl methyl sites for hydroxylation is 2. The number of benzene rings is 1. The maximum atomic E-state index is 5.15. The van der Waals surface area contributed by atoms with E-state index in [0.29, 0.717) is 5.92 Å². The maximum absolute atomic E-state index is 5.15. The molecule has 0 bridgehead atoms. The Labute approximate surface area is 196 Å². The van der Waals surface area contributed by atoms with Gasteiger partial charge in [-0.3, -0.25) is 0 Å². The fraction of sp³-hybridized carbons (Fsp3) is 0.400. The smallest absolute Gasteiger partial charge is 0.189 e. The third-order valence-corrected chi connectivity index (χ3v) is 8.75. The van der Waals surface area contributed by atoms with E-state index < -0.39 is 0 Å². The van der Waals surface area contributed by atoms with Gasteiger partial charge in [0.2, 0.25) is 0 Å². The van der Waals surface area contributed by atoms with Crippen molar-refractivity contribution in [3.63, 3.8) is 0 Å². The van der Waals surface area contributed by atoms with E-state index in [2.05, 4.69) is 50.4 Å². The molecule has 1 aliphatic rings. The molecule has 3 nitrogen and oxygen atoms in total. The largest absolute Gasteiger partial charge is 0.241 e. The molecule has 6 heteroatoms. The van der Waals surface area contributed by atoms with Crippen LogP contribution in [0.1, 0.15) is 55.0 Å². The first kappa shape index (κ1) is 21.2. The van der Waals surface area contributed by atoms with E-state index in [1.54, 1.807) is 23.1 Å². The zero-order chi connectivity index (χ0) is 21.4. The fourth-order valence-electron chi connectivity index (χ4n) is 4.51. The van der Waals surface area contributed by atoms with Crippen LogP contribution in [0.25, 0.3) is 20.4 Å². The Morgan fingerprint density at radius 3 is 2.61 bits per heavy atom. The highest BCUT2D eigenvalue weighted by Gasteiger charge is 2.25. The number of thiophene rings is 1. The lowest BCUT2D eigenvalue weighted by Crippen LogP contribution is -2.00. The summed E-state index contributed by atoms with van der Waals surface area (Å²) >= 11 is 5.31. The first-order valence-electron chi connectivity index (χ1n) is 11.0. The molecular formula is C25H27N3S3. The van der Waals surface area contributed by atoms with Crippen molar-refractivity contribution in [3.8, 4) is 0 Å². The maximum Gasteiger partial charge on any atom is 0.189 e. The average Bonchev–Trinajstić information content (AvgIpc) is 3.40. The lowest BCUT2D eigenvalue weighted by molar-refractivity contribution is 0.805. The number of pyridine rings is 1. The van der Waals surface area contributed by atoms with Gasteiger partial charge < -0.3 is 0 Å². The first-order valence-corrected chi connectivity index (χ1v) is 14.0. The number of aromatic nitrogens is 3. The van der Waals surface area contributed by atoms with Gasteiger partial charge in [0.05, 0.1) is 10.2 Å². The summed E-state index contributed by atoms with van der Waals surface area (Å²) in [4.78, 5) is 16.2. The molecule has 0 atom stereocenters. The van der Waals surface area contributed by atoms with E-state index in [1.165, 1.54) is 38.9 Å². The van der Waals surface area contributed by atoms with Gasteiger partial charge in [0, 0.05) is 11.1 Å². The molecule has 4 aromatic rings. The van der Waals surface area contributed by atoms with Gasteiger partial charge in [-0.05, 0) is 66.7 Å². The molecule has 0 fully saturated rings. The van der Waals surface area contributed by atoms with Crippen molar-refractivity contribution >= 4 is 55.3 Å². The monoisotopic (exact) mass is 465 g/mol. The molecule has 5 rings (SSSR count). The molecule has 3 aromatic heterocycles. The van der Waals surface area contributed by atoms with E-state index >= 15 is 0 Å². The third-order valence-electron chi connectivity index (χ3n) is 5.93. The molecule has 0 amide bonds. The van der Waals surface area contributed by atoms with E-state index in [0.717, 1.165) is 52.0 Å². The molecule has 160 valence electrons. The molecule has 31 heavy (non-hydrogen) atoms. The summed E-state index contributed by atoms with van der Waals surface area (Å²) in [5.74, 6) is 1.52.